The molecule has 2 N–H and O–H groups in total. The Bertz CT molecular complexity index is 464. The molecule has 0 spiro atoms. The van der Waals surface area contributed by atoms with Crippen LogP contribution in [-0.4, -0.2) is 47.7 Å². The zero-order chi connectivity index (χ0) is 14.4. The summed E-state index contributed by atoms with van der Waals surface area (Å²) in [5.41, 5.74) is 0.932. The van der Waals surface area contributed by atoms with Gasteiger partial charge in [-0.1, -0.05) is 30.3 Å². The predicted octanol–water partition coefficient (Wildman–Crippen LogP) is 1.07. The first-order chi connectivity index (χ1) is 9.63. The van der Waals surface area contributed by atoms with Gasteiger partial charge in [0.25, 0.3) is 0 Å². The minimum Gasteiger partial charge on any atom is -0.480 e. The predicted molar refractivity (Wildman–Crippen MR) is 72.2 cm³/mol. The number of carbonyl (C=O) groups excluding carboxylic acids is 1. The molecular formula is C14H18N2O4. The number of rotatable bonds is 5. The summed E-state index contributed by atoms with van der Waals surface area (Å²) in [6, 6.07) is 9.40. The summed E-state index contributed by atoms with van der Waals surface area (Å²) < 4.78 is 5.12. The van der Waals surface area contributed by atoms with Gasteiger partial charge in [-0.05, 0) is 12.0 Å². The monoisotopic (exact) mass is 278 g/mol. The van der Waals surface area contributed by atoms with Crippen molar-refractivity contribution in [2.24, 2.45) is 0 Å². The number of carbonyl (C=O) groups is 2. The average Bonchev–Trinajstić information content (AvgIpc) is 2.84. The molecule has 1 aliphatic heterocycles. The lowest BCUT2D eigenvalue weighted by Gasteiger charge is -2.14. The molecule has 1 aromatic carbocycles. The summed E-state index contributed by atoms with van der Waals surface area (Å²) in [7, 11) is 0. The van der Waals surface area contributed by atoms with Crippen molar-refractivity contribution in [1.29, 1.82) is 0 Å². The second-order valence-electron chi connectivity index (χ2n) is 4.82. The van der Waals surface area contributed by atoms with Gasteiger partial charge in [-0.15, -0.1) is 0 Å². The maximum Gasteiger partial charge on any atom is 0.407 e. The molecule has 0 saturated carbocycles. The first-order valence-electron chi connectivity index (χ1n) is 6.55. The minimum absolute atomic E-state index is 0.0112. The Kier molecular flexibility index (Phi) is 4.95. The summed E-state index contributed by atoms with van der Waals surface area (Å²) in [6.07, 6.45) is 0.282. The Balaban J connectivity index is 1.69. The molecule has 0 radical (unpaired) electrons. The van der Waals surface area contributed by atoms with Crippen molar-refractivity contribution in [2.75, 3.05) is 19.6 Å². The summed E-state index contributed by atoms with van der Waals surface area (Å²) >= 11 is 0. The molecule has 1 aromatic rings. The van der Waals surface area contributed by atoms with E-state index in [4.69, 9.17) is 9.84 Å². The van der Waals surface area contributed by atoms with E-state index in [9.17, 15) is 9.59 Å². The van der Waals surface area contributed by atoms with Crippen molar-refractivity contribution < 1.29 is 19.4 Å². The molecule has 2 rings (SSSR count). The Morgan fingerprint density at radius 2 is 2.10 bits per heavy atom. The highest BCUT2D eigenvalue weighted by Gasteiger charge is 2.25. The lowest BCUT2D eigenvalue weighted by atomic mass is 10.2. The molecule has 1 aliphatic rings. The van der Waals surface area contributed by atoms with E-state index in [1.165, 1.54) is 0 Å². The largest absolute Gasteiger partial charge is 0.480 e. The molecule has 6 nitrogen and oxygen atoms in total. The fourth-order valence-electron chi connectivity index (χ4n) is 2.22. The molecule has 20 heavy (non-hydrogen) atoms. The molecule has 1 heterocycles. The Morgan fingerprint density at radius 3 is 2.80 bits per heavy atom. The maximum atomic E-state index is 11.6. The maximum absolute atomic E-state index is 11.6. The topological polar surface area (TPSA) is 78.9 Å². The van der Waals surface area contributed by atoms with Crippen molar-refractivity contribution >= 4 is 12.1 Å². The van der Waals surface area contributed by atoms with Crippen LogP contribution < -0.4 is 5.32 Å². The SMILES string of the molecule is O=C(O)CN1CC[C@@H](NC(=O)OCc2ccccc2)C1. The van der Waals surface area contributed by atoms with Gasteiger partial charge in [0.05, 0.1) is 6.54 Å². The number of likely N-dealkylation sites (tertiary alicyclic amines) is 1. The number of aliphatic carboxylic acids is 1. The molecule has 0 aliphatic carbocycles. The third-order valence-electron chi connectivity index (χ3n) is 3.17. The quantitative estimate of drug-likeness (QED) is 0.842. The molecule has 108 valence electrons. The van der Waals surface area contributed by atoms with Crippen LogP contribution in [0.25, 0.3) is 0 Å². The van der Waals surface area contributed by atoms with E-state index in [-0.39, 0.29) is 19.2 Å². The molecule has 0 unspecified atom stereocenters. The van der Waals surface area contributed by atoms with Crippen molar-refractivity contribution in [3.05, 3.63) is 35.9 Å². The summed E-state index contributed by atoms with van der Waals surface area (Å²) in [6.45, 7) is 1.47. The molecule has 1 fully saturated rings. The minimum atomic E-state index is -0.850. The molecule has 1 amide bonds. The average molecular weight is 278 g/mol. The standard InChI is InChI=1S/C14H18N2O4/c17-13(18)9-16-7-6-12(8-16)15-14(19)20-10-11-4-2-1-3-5-11/h1-5,12H,6-10H2,(H,15,19)(H,17,18)/t12-/m1/s1. The van der Waals surface area contributed by atoms with Crippen LogP contribution >= 0.6 is 0 Å². The summed E-state index contributed by atoms with van der Waals surface area (Å²) in [4.78, 5) is 24.0. The third-order valence-corrected chi connectivity index (χ3v) is 3.17. The highest BCUT2D eigenvalue weighted by Crippen LogP contribution is 2.09. The fraction of sp³-hybridized carbons (Fsp3) is 0.429. The van der Waals surface area contributed by atoms with Gasteiger partial charge in [0.15, 0.2) is 0 Å². The highest BCUT2D eigenvalue weighted by molar-refractivity contribution is 5.69. The first-order valence-corrected chi connectivity index (χ1v) is 6.55. The summed E-state index contributed by atoms with van der Waals surface area (Å²) in [5.74, 6) is -0.850. The molecule has 1 saturated heterocycles. The van der Waals surface area contributed by atoms with Gasteiger partial charge in [-0.3, -0.25) is 9.69 Å². The van der Waals surface area contributed by atoms with Crippen molar-refractivity contribution in [2.45, 2.75) is 19.1 Å². The summed E-state index contributed by atoms with van der Waals surface area (Å²) in [5, 5.41) is 11.5. The van der Waals surface area contributed by atoms with E-state index in [2.05, 4.69) is 5.32 Å². The van der Waals surface area contributed by atoms with E-state index in [0.717, 1.165) is 12.0 Å². The van der Waals surface area contributed by atoms with Gasteiger partial charge in [0, 0.05) is 19.1 Å². The Labute approximate surface area is 117 Å². The number of nitrogens with zero attached hydrogens (tertiary/aromatic N) is 1. The Hall–Kier alpha value is -2.08. The fourth-order valence-corrected chi connectivity index (χ4v) is 2.22. The number of hydrogen-bond acceptors (Lipinski definition) is 4. The van der Waals surface area contributed by atoms with Gasteiger partial charge in [-0.2, -0.15) is 0 Å². The van der Waals surface area contributed by atoms with Gasteiger partial charge in [0.2, 0.25) is 0 Å². The number of carboxylic acids is 1. The van der Waals surface area contributed by atoms with Gasteiger partial charge >= 0.3 is 12.1 Å². The van der Waals surface area contributed by atoms with E-state index >= 15 is 0 Å². The van der Waals surface area contributed by atoms with Crippen LogP contribution in [0.3, 0.4) is 0 Å². The van der Waals surface area contributed by atoms with Crippen LogP contribution in [0.4, 0.5) is 4.79 Å². The van der Waals surface area contributed by atoms with E-state index in [1.54, 1.807) is 4.90 Å². The number of nitrogens with one attached hydrogen (secondary N) is 1. The normalized spacial score (nSPS) is 18.7. The number of amides is 1. The van der Waals surface area contributed by atoms with Crippen molar-refractivity contribution in [1.82, 2.24) is 10.2 Å². The molecular weight excluding hydrogens is 260 g/mol. The van der Waals surface area contributed by atoms with Crippen LogP contribution in [0.15, 0.2) is 30.3 Å². The Morgan fingerprint density at radius 1 is 1.35 bits per heavy atom. The van der Waals surface area contributed by atoms with Crippen LogP contribution in [0.1, 0.15) is 12.0 Å². The van der Waals surface area contributed by atoms with E-state index < -0.39 is 12.1 Å². The van der Waals surface area contributed by atoms with E-state index in [0.29, 0.717) is 13.1 Å². The van der Waals surface area contributed by atoms with Crippen molar-refractivity contribution in [3.63, 3.8) is 0 Å². The third kappa shape index (κ3) is 4.55. The lowest BCUT2D eigenvalue weighted by molar-refractivity contribution is -0.138. The zero-order valence-corrected chi connectivity index (χ0v) is 11.1. The molecule has 0 bridgehead atoms. The number of alkyl carbamates (subject to hydrolysis) is 1. The first kappa shape index (κ1) is 14.3. The second kappa shape index (κ2) is 6.91. The second-order valence-corrected chi connectivity index (χ2v) is 4.82. The van der Waals surface area contributed by atoms with Crippen LogP contribution in [-0.2, 0) is 16.1 Å². The smallest absolute Gasteiger partial charge is 0.407 e. The van der Waals surface area contributed by atoms with Crippen LogP contribution in [0, 0.1) is 0 Å². The molecule has 1 atom stereocenters. The van der Waals surface area contributed by atoms with Gasteiger partial charge < -0.3 is 15.2 Å². The van der Waals surface area contributed by atoms with Gasteiger partial charge in [0.1, 0.15) is 6.61 Å². The number of carboxylic acid groups (broad SMARTS) is 1. The molecule has 6 heteroatoms. The lowest BCUT2D eigenvalue weighted by Crippen LogP contribution is -2.38. The number of benzene rings is 1. The number of ether oxygens (including phenoxy) is 1. The zero-order valence-electron chi connectivity index (χ0n) is 11.1. The van der Waals surface area contributed by atoms with Crippen LogP contribution in [0.5, 0.6) is 0 Å². The highest BCUT2D eigenvalue weighted by atomic mass is 16.5. The van der Waals surface area contributed by atoms with Crippen LogP contribution in [0.2, 0.25) is 0 Å². The number of hydrogen-bond donors (Lipinski definition) is 2. The van der Waals surface area contributed by atoms with E-state index in [1.807, 2.05) is 30.3 Å². The van der Waals surface area contributed by atoms with Gasteiger partial charge in [-0.25, -0.2) is 4.79 Å². The van der Waals surface area contributed by atoms with Crippen molar-refractivity contribution in [3.8, 4) is 0 Å². The molecule has 0 aromatic heterocycles.